The highest BCUT2D eigenvalue weighted by Crippen LogP contribution is 2.16. The lowest BCUT2D eigenvalue weighted by Gasteiger charge is -2.28. The number of hydrogen-bond donors (Lipinski definition) is 0. The molecule has 1 unspecified atom stereocenters. The van der Waals surface area contributed by atoms with Crippen molar-refractivity contribution in [1.29, 1.82) is 0 Å². The van der Waals surface area contributed by atoms with E-state index in [-0.39, 0.29) is 5.91 Å². The van der Waals surface area contributed by atoms with Gasteiger partial charge >= 0.3 is 0 Å². The molecule has 0 aliphatic heterocycles. The fraction of sp³-hybridized carbons (Fsp3) is 0.571. The van der Waals surface area contributed by atoms with E-state index in [1.807, 2.05) is 19.1 Å². The quantitative estimate of drug-likeness (QED) is 0.425. The summed E-state index contributed by atoms with van der Waals surface area (Å²) < 4.78 is 11.6. The lowest BCUT2D eigenvalue weighted by Crippen LogP contribution is -2.42. The Bertz CT molecular complexity index is 363. The Morgan fingerprint density at radius 2 is 1.83 bits per heavy atom. The van der Waals surface area contributed by atoms with E-state index in [9.17, 15) is 0 Å². The summed E-state index contributed by atoms with van der Waals surface area (Å²) in [6, 6.07) is 8.18. The molecule has 1 aromatic rings. The van der Waals surface area contributed by atoms with E-state index in [0.717, 1.165) is 11.1 Å². The van der Waals surface area contributed by atoms with E-state index in [1.165, 1.54) is 0 Å². The largest absolute Gasteiger partial charge is 0.357 e. The summed E-state index contributed by atoms with van der Waals surface area (Å²) in [5, 5.41) is 0. The first-order valence-electron chi connectivity index (χ1n) is 6.34. The number of ether oxygens (including phenoxy) is 2. The van der Waals surface area contributed by atoms with Crippen molar-refractivity contribution in [2.75, 3.05) is 6.61 Å². The molecule has 0 saturated carbocycles. The van der Waals surface area contributed by atoms with Crippen molar-refractivity contribution in [3.05, 3.63) is 35.4 Å². The lowest BCUT2D eigenvalue weighted by molar-refractivity contribution is -0.0995. The minimum Gasteiger partial charge on any atom is -0.357 e. The highest BCUT2D eigenvalue weighted by Gasteiger charge is 2.28. The number of halogens is 1. The first-order chi connectivity index (χ1) is 8.47. The number of rotatable bonds is 7. The predicted octanol–water partition coefficient (Wildman–Crippen LogP) is 4.18. The first kappa shape index (κ1) is 15.7. The molecule has 102 valence electrons. The van der Waals surface area contributed by atoms with Gasteiger partial charge in [0, 0.05) is 12.5 Å². The van der Waals surface area contributed by atoms with Gasteiger partial charge in [-0.25, -0.2) is 0 Å². The highest BCUT2D eigenvalue weighted by atomic mass is 35.5. The highest BCUT2D eigenvalue weighted by molar-refractivity contribution is 6.76. The summed E-state index contributed by atoms with van der Waals surface area (Å²) in [6.07, 6.45) is 0. The lowest BCUT2D eigenvalue weighted by atomic mass is 10.1. The molecule has 2 nitrogen and oxygen atoms in total. The molecule has 0 aliphatic carbocycles. The van der Waals surface area contributed by atoms with Crippen molar-refractivity contribution in [3.8, 4) is 0 Å². The van der Waals surface area contributed by atoms with Crippen LogP contribution < -0.4 is 0 Å². The fourth-order valence-corrected chi connectivity index (χ4v) is 3.09. The van der Waals surface area contributed by atoms with Crippen LogP contribution in [0.15, 0.2) is 24.3 Å². The maximum atomic E-state index is 5.93. The topological polar surface area (TPSA) is 18.5 Å². The molecule has 0 fully saturated rings. The molecule has 0 radical (unpaired) electrons. The van der Waals surface area contributed by atoms with E-state index in [4.69, 9.17) is 21.1 Å². The average Bonchev–Trinajstić information content (AvgIpc) is 2.33. The molecule has 0 saturated heterocycles. The maximum Gasteiger partial charge on any atom is 0.141 e. The van der Waals surface area contributed by atoms with Gasteiger partial charge in [0.15, 0.2) is 0 Å². The van der Waals surface area contributed by atoms with Gasteiger partial charge in [-0.15, -0.1) is 11.6 Å². The van der Waals surface area contributed by atoms with Gasteiger partial charge in [0.1, 0.15) is 14.0 Å². The van der Waals surface area contributed by atoms with Gasteiger partial charge in [0.25, 0.3) is 0 Å². The number of alkyl halides is 1. The van der Waals surface area contributed by atoms with Crippen molar-refractivity contribution >= 4 is 19.7 Å². The van der Waals surface area contributed by atoms with Gasteiger partial charge in [-0.1, -0.05) is 43.9 Å². The second-order valence-corrected chi connectivity index (χ2v) is 10.9. The third-order valence-electron chi connectivity index (χ3n) is 2.57. The average molecular weight is 287 g/mol. The van der Waals surface area contributed by atoms with Crippen molar-refractivity contribution in [2.45, 2.75) is 45.0 Å². The van der Waals surface area contributed by atoms with Crippen LogP contribution in [0.1, 0.15) is 18.1 Å². The third-order valence-corrected chi connectivity index (χ3v) is 4.63. The summed E-state index contributed by atoms with van der Waals surface area (Å²) in [4.78, 5) is 0. The van der Waals surface area contributed by atoms with E-state index >= 15 is 0 Å². The Hall–Kier alpha value is -0.353. The van der Waals surface area contributed by atoms with Crippen LogP contribution in [0.2, 0.25) is 19.6 Å². The summed E-state index contributed by atoms with van der Waals surface area (Å²) in [5.74, 6) is 0.485. The van der Waals surface area contributed by atoms with Gasteiger partial charge in [0.05, 0.1) is 6.61 Å². The van der Waals surface area contributed by atoms with Crippen LogP contribution >= 0.6 is 11.6 Å². The molecular formula is C14H23ClO2Si. The summed E-state index contributed by atoms with van der Waals surface area (Å²) in [5.41, 5.74) is 2.27. The molecule has 4 heteroatoms. The normalized spacial score (nSPS) is 13.6. The number of benzene rings is 1. The van der Waals surface area contributed by atoms with Crippen molar-refractivity contribution in [1.82, 2.24) is 0 Å². The van der Waals surface area contributed by atoms with Crippen LogP contribution in [0.3, 0.4) is 0 Å². The Morgan fingerprint density at radius 3 is 2.39 bits per heavy atom. The minimum atomic E-state index is -1.45. The minimum absolute atomic E-state index is 0.0536. The molecule has 1 aromatic carbocycles. The van der Waals surface area contributed by atoms with E-state index < -0.39 is 8.07 Å². The zero-order valence-electron chi connectivity index (χ0n) is 11.7. The molecule has 0 bridgehead atoms. The second kappa shape index (κ2) is 7.29. The molecule has 0 aliphatic rings. The third kappa shape index (κ3) is 5.10. The molecule has 0 heterocycles. The van der Waals surface area contributed by atoms with Crippen LogP contribution in [-0.4, -0.2) is 20.6 Å². The summed E-state index contributed by atoms with van der Waals surface area (Å²) >= 11 is 5.83. The van der Waals surface area contributed by atoms with Gasteiger partial charge in [0.2, 0.25) is 0 Å². The Kier molecular flexibility index (Phi) is 6.36. The van der Waals surface area contributed by atoms with Crippen LogP contribution in [0.4, 0.5) is 0 Å². The Labute approximate surface area is 116 Å². The van der Waals surface area contributed by atoms with Crippen molar-refractivity contribution in [3.63, 3.8) is 0 Å². The molecule has 1 atom stereocenters. The van der Waals surface area contributed by atoms with Crippen molar-refractivity contribution in [2.24, 2.45) is 0 Å². The van der Waals surface area contributed by atoms with Crippen LogP contribution in [0.5, 0.6) is 0 Å². The zero-order chi connectivity index (χ0) is 13.6. The van der Waals surface area contributed by atoms with Crippen LogP contribution in [-0.2, 0) is 22.0 Å². The molecule has 18 heavy (non-hydrogen) atoms. The van der Waals surface area contributed by atoms with Crippen molar-refractivity contribution < 1.29 is 9.47 Å². The molecular weight excluding hydrogens is 264 g/mol. The zero-order valence-corrected chi connectivity index (χ0v) is 13.5. The first-order valence-corrected chi connectivity index (χ1v) is 10.5. The smallest absolute Gasteiger partial charge is 0.141 e. The SMILES string of the molecule is CCOC(OCc1cccc(CCl)c1)[Si](C)(C)C. The van der Waals surface area contributed by atoms with E-state index in [0.29, 0.717) is 19.1 Å². The monoisotopic (exact) mass is 286 g/mol. The number of hydrogen-bond acceptors (Lipinski definition) is 2. The Morgan fingerprint density at radius 1 is 1.17 bits per heavy atom. The van der Waals surface area contributed by atoms with Gasteiger partial charge < -0.3 is 9.47 Å². The molecule has 0 aromatic heterocycles. The molecule has 0 N–H and O–H groups in total. The summed E-state index contributed by atoms with van der Waals surface area (Å²) in [6.45, 7) is 10.0. The van der Waals surface area contributed by atoms with E-state index in [2.05, 4.69) is 31.8 Å². The van der Waals surface area contributed by atoms with Gasteiger partial charge in [-0.3, -0.25) is 0 Å². The van der Waals surface area contributed by atoms with E-state index in [1.54, 1.807) is 0 Å². The van der Waals surface area contributed by atoms with Crippen LogP contribution in [0, 0.1) is 0 Å². The fourth-order valence-electron chi connectivity index (χ4n) is 1.67. The Balaban J connectivity index is 2.61. The standard InChI is InChI=1S/C14H23ClO2Si/c1-5-16-14(18(2,3)4)17-11-13-8-6-7-12(9-13)10-15/h6-9,14H,5,10-11H2,1-4H3. The second-order valence-electron chi connectivity index (χ2n) is 5.42. The van der Waals surface area contributed by atoms with Gasteiger partial charge in [-0.05, 0) is 18.1 Å². The maximum absolute atomic E-state index is 5.93. The van der Waals surface area contributed by atoms with Crippen LogP contribution in [0.25, 0.3) is 0 Å². The summed E-state index contributed by atoms with van der Waals surface area (Å²) in [7, 11) is -1.45. The predicted molar refractivity (Wildman–Crippen MR) is 79.5 cm³/mol. The molecule has 0 amide bonds. The molecule has 1 rings (SSSR count). The molecule has 0 spiro atoms. The van der Waals surface area contributed by atoms with Gasteiger partial charge in [-0.2, -0.15) is 0 Å².